The molecule has 126 valence electrons. The van der Waals surface area contributed by atoms with Crippen molar-refractivity contribution < 1.29 is 17.9 Å². The van der Waals surface area contributed by atoms with E-state index in [1.165, 1.54) is 0 Å². The van der Waals surface area contributed by atoms with Crippen LogP contribution in [0.1, 0.15) is 22.9 Å². The number of hydrogen-bond acceptors (Lipinski definition) is 2. The highest BCUT2D eigenvalue weighted by molar-refractivity contribution is 5.53. The minimum Gasteiger partial charge on any atom is -0.457 e. The summed E-state index contributed by atoms with van der Waals surface area (Å²) in [6.45, 7) is 0. The second-order valence-electron chi connectivity index (χ2n) is 5.70. The Morgan fingerprint density at radius 1 is 0.800 bits per heavy atom. The van der Waals surface area contributed by atoms with E-state index in [1.54, 1.807) is 48.5 Å². The van der Waals surface area contributed by atoms with Gasteiger partial charge >= 0.3 is 6.18 Å². The summed E-state index contributed by atoms with van der Waals surface area (Å²) in [6, 6.07) is 15.9. The first kappa shape index (κ1) is 15.5. The molecule has 2 aromatic carbocycles. The summed E-state index contributed by atoms with van der Waals surface area (Å²) in [5, 5.41) is 0. The maximum absolute atomic E-state index is 13.5. The molecule has 0 aliphatic carbocycles. The van der Waals surface area contributed by atoms with E-state index in [-0.39, 0.29) is 0 Å². The number of alkyl halides is 3. The predicted octanol–water partition coefficient (Wildman–Crippen LogP) is 4.61. The quantitative estimate of drug-likeness (QED) is 0.505. The molecular weight excluding hydrogens is 331 g/mol. The topological polar surface area (TPSA) is 31.2 Å². The minimum absolute atomic E-state index is 0.440. The first-order valence-corrected chi connectivity index (χ1v) is 7.61. The normalized spacial score (nSPS) is 13.7. The Hall–Kier alpha value is -3.02. The Labute approximate surface area is 140 Å². The smallest absolute Gasteiger partial charge is 0.431 e. The molecule has 1 aliphatic heterocycles. The third-order valence-electron chi connectivity index (χ3n) is 4.19. The van der Waals surface area contributed by atoms with Crippen molar-refractivity contribution in [3.63, 3.8) is 0 Å². The van der Waals surface area contributed by atoms with Crippen molar-refractivity contribution in [1.82, 2.24) is 4.57 Å². The molecule has 1 aromatic heterocycles. The van der Waals surface area contributed by atoms with Crippen LogP contribution in [-0.2, 0) is 6.18 Å². The third kappa shape index (κ3) is 2.50. The maximum atomic E-state index is 13.5. The Bertz CT molecular complexity index is 962. The van der Waals surface area contributed by atoms with Crippen molar-refractivity contribution in [2.75, 3.05) is 0 Å². The number of hydrogen-bond donors (Lipinski definition) is 0. The van der Waals surface area contributed by atoms with Crippen LogP contribution in [0.2, 0.25) is 0 Å². The first-order valence-electron chi connectivity index (χ1n) is 7.61. The average Bonchev–Trinajstić information content (AvgIpc) is 2.59. The lowest BCUT2D eigenvalue weighted by atomic mass is 9.93. The van der Waals surface area contributed by atoms with Crippen molar-refractivity contribution >= 4 is 0 Å². The number of halogens is 3. The van der Waals surface area contributed by atoms with Gasteiger partial charge in [-0.3, -0.25) is 9.36 Å². The van der Waals surface area contributed by atoms with Crippen molar-refractivity contribution in [3.8, 4) is 11.5 Å². The summed E-state index contributed by atoms with van der Waals surface area (Å²) in [5.41, 5.74) is -0.678. The Balaban J connectivity index is 2.07. The molecule has 1 aliphatic rings. The van der Waals surface area contributed by atoms with Crippen LogP contribution >= 0.6 is 0 Å². The van der Waals surface area contributed by atoms with Gasteiger partial charge in [-0.05, 0) is 18.2 Å². The fraction of sp³-hybridized carbons (Fsp3) is 0.105. The highest BCUT2D eigenvalue weighted by Gasteiger charge is 2.39. The molecule has 0 saturated heterocycles. The molecule has 25 heavy (non-hydrogen) atoms. The fourth-order valence-corrected chi connectivity index (χ4v) is 3.16. The highest BCUT2D eigenvalue weighted by Crippen LogP contribution is 2.45. The van der Waals surface area contributed by atoms with Gasteiger partial charge in [0.15, 0.2) is 0 Å². The van der Waals surface area contributed by atoms with Gasteiger partial charge < -0.3 is 4.74 Å². The van der Waals surface area contributed by atoms with E-state index in [0.717, 1.165) is 22.8 Å². The van der Waals surface area contributed by atoms with E-state index in [9.17, 15) is 18.0 Å². The van der Waals surface area contributed by atoms with Crippen molar-refractivity contribution in [1.29, 1.82) is 0 Å². The number of aromatic nitrogens is 1. The molecule has 2 heterocycles. The van der Waals surface area contributed by atoms with E-state index >= 15 is 0 Å². The predicted molar refractivity (Wildman–Crippen MR) is 85.9 cm³/mol. The van der Waals surface area contributed by atoms with Gasteiger partial charge in [0.05, 0.1) is 6.04 Å². The average molecular weight is 343 g/mol. The van der Waals surface area contributed by atoms with Gasteiger partial charge in [0.1, 0.15) is 17.2 Å². The van der Waals surface area contributed by atoms with E-state index in [0.29, 0.717) is 22.6 Å². The zero-order chi connectivity index (χ0) is 17.6. The molecule has 0 N–H and O–H groups in total. The highest BCUT2D eigenvalue weighted by atomic mass is 19.4. The Morgan fingerprint density at radius 3 is 1.92 bits per heavy atom. The van der Waals surface area contributed by atoms with E-state index in [2.05, 4.69) is 0 Å². The third-order valence-corrected chi connectivity index (χ3v) is 4.19. The standard InChI is InChI=1S/C19H12F3NO2/c20-19(21,22)16-10-5-11-17(24)23(16)18-12-6-1-3-8-14(12)25-15-9-4-2-7-13(15)18/h1-11,18H. The fourth-order valence-electron chi connectivity index (χ4n) is 3.16. The first-order chi connectivity index (χ1) is 12.0. The molecule has 0 unspecified atom stereocenters. The largest absolute Gasteiger partial charge is 0.457 e. The van der Waals surface area contributed by atoms with Crippen LogP contribution in [-0.4, -0.2) is 4.57 Å². The second kappa shape index (κ2) is 5.51. The van der Waals surface area contributed by atoms with Crippen molar-refractivity contribution in [2.24, 2.45) is 0 Å². The lowest BCUT2D eigenvalue weighted by Gasteiger charge is -2.31. The van der Waals surface area contributed by atoms with Gasteiger partial charge in [-0.1, -0.05) is 42.5 Å². The Morgan fingerprint density at radius 2 is 1.36 bits per heavy atom. The van der Waals surface area contributed by atoms with Crippen LogP contribution in [0.25, 0.3) is 0 Å². The lowest BCUT2D eigenvalue weighted by Crippen LogP contribution is -2.33. The number of rotatable bonds is 1. The molecule has 0 fully saturated rings. The molecule has 3 aromatic rings. The summed E-state index contributed by atoms with van der Waals surface area (Å²) in [5.74, 6) is 0.880. The monoisotopic (exact) mass is 343 g/mol. The zero-order valence-electron chi connectivity index (χ0n) is 12.8. The van der Waals surface area contributed by atoms with Gasteiger partial charge in [0.25, 0.3) is 5.56 Å². The lowest BCUT2D eigenvalue weighted by molar-refractivity contribution is -0.144. The second-order valence-corrected chi connectivity index (χ2v) is 5.70. The number of ether oxygens (including phenoxy) is 1. The SMILES string of the molecule is O=c1cccc(C(F)(F)F)n1C1c2ccccc2Oc2ccccc21. The van der Waals surface area contributed by atoms with Gasteiger partial charge in [-0.25, -0.2) is 0 Å². The summed E-state index contributed by atoms with van der Waals surface area (Å²) < 4.78 is 47.2. The van der Waals surface area contributed by atoms with Gasteiger partial charge in [0.2, 0.25) is 0 Å². The molecule has 3 nitrogen and oxygen atoms in total. The molecule has 0 spiro atoms. The molecule has 0 radical (unpaired) electrons. The van der Waals surface area contributed by atoms with Gasteiger partial charge in [0, 0.05) is 17.2 Å². The molecule has 0 amide bonds. The summed E-state index contributed by atoms with van der Waals surface area (Å²) in [6.07, 6.45) is -4.65. The van der Waals surface area contributed by atoms with Crippen LogP contribution in [0.4, 0.5) is 13.2 Å². The molecular formula is C19H12F3NO2. The summed E-state index contributed by atoms with van der Waals surface area (Å²) >= 11 is 0. The maximum Gasteiger partial charge on any atom is 0.431 e. The molecule has 0 saturated carbocycles. The van der Waals surface area contributed by atoms with Crippen LogP contribution in [0.3, 0.4) is 0 Å². The number of para-hydroxylation sites is 2. The number of nitrogens with zero attached hydrogens (tertiary/aromatic N) is 1. The summed E-state index contributed by atoms with van der Waals surface area (Å²) in [4.78, 5) is 12.4. The Kier molecular flexibility index (Phi) is 3.42. The number of pyridine rings is 1. The van der Waals surface area contributed by atoms with Gasteiger partial charge in [-0.15, -0.1) is 0 Å². The van der Waals surface area contributed by atoms with E-state index < -0.39 is 23.5 Å². The number of fused-ring (bicyclic) bond motifs is 2. The van der Waals surface area contributed by atoms with E-state index in [1.807, 2.05) is 0 Å². The number of benzene rings is 2. The summed E-state index contributed by atoms with van der Waals surface area (Å²) in [7, 11) is 0. The van der Waals surface area contributed by atoms with Crippen LogP contribution in [0.5, 0.6) is 11.5 Å². The zero-order valence-corrected chi connectivity index (χ0v) is 12.8. The minimum atomic E-state index is -4.65. The molecule has 0 bridgehead atoms. The molecule has 4 rings (SSSR count). The molecule has 0 atom stereocenters. The van der Waals surface area contributed by atoms with Gasteiger partial charge in [-0.2, -0.15) is 13.2 Å². The van der Waals surface area contributed by atoms with Crippen LogP contribution in [0.15, 0.2) is 71.5 Å². The molecule has 6 heteroatoms. The van der Waals surface area contributed by atoms with Crippen molar-refractivity contribution in [3.05, 3.63) is 93.9 Å². The van der Waals surface area contributed by atoms with Crippen LogP contribution < -0.4 is 10.3 Å². The van der Waals surface area contributed by atoms with Crippen LogP contribution in [0, 0.1) is 0 Å². The van der Waals surface area contributed by atoms with E-state index in [4.69, 9.17) is 4.74 Å². The van der Waals surface area contributed by atoms with Crippen molar-refractivity contribution in [2.45, 2.75) is 12.2 Å².